The molecule has 1 N–H and O–H groups in total. The standard InChI is InChI=1S/C17H23N3/c1-13-6-3-4-7-17(13)15-10-16(11-15)19-14(2)12-20-9-5-8-18-20/h3-9,14-16,19H,10-12H2,1-2H3. The van der Waals surface area contributed by atoms with Crippen LogP contribution >= 0.6 is 0 Å². The van der Waals surface area contributed by atoms with Gasteiger partial charge in [0.25, 0.3) is 0 Å². The monoisotopic (exact) mass is 269 g/mol. The summed E-state index contributed by atoms with van der Waals surface area (Å²) in [5.41, 5.74) is 2.96. The number of hydrogen-bond donors (Lipinski definition) is 1. The average molecular weight is 269 g/mol. The maximum Gasteiger partial charge on any atom is 0.0560 e. The van der Waals surface area contributed by atoms with E-state index >= 15 is 0 Å². The normalized spacial score (nSPS) is 23.3. The molecule has 106 valence electrons. The molecule has 0 bridgehead atoms. The van der Waals surface area contributed by atoms with Crippen LogP contribution in [0.15, 0.2) is 42.7 Å². The van der Waals surface area contributed by atoms with Gasteiger partial charge in [-0.3, -0.25) is 4.68 Å². The number of nitrogens with zero attached hydrogens (tertiary/aromatic N) is 2. The first kappa shape index (κ1) is 13.4. The highest BCUT2D eigenvalue weighted by Gasteiger charge is 2.31. The summed E-state index contributed by atoms with van der Waals surface area (Å²) in [7, 11) is 0. The predicted molar refractivity (Wildman–Crippen MR) is 81.8 cm³/mol. The van der Waals surface area contributed by atoms with E-state index in [2.05, 4.69) is 48.5 Å². The van der Waals surface area contributed by atoms with Crippen molar-refractivity contribution in [3.05, 3.63) is 53.9 Å². The van der Waals surface area contributed by atoms with Crippen LogP contribution in [0, 0.1) is 6.92 Å². The van der Waals surface area contributed by atoms with Crippen LogP contribution in [0.2, 0.25) is 0 Å². The number of aryl methyl sites for hydroxylation is 1. The molecule has 1 aromatic heterocycles. The van der Waals surface area contributed by atoms with E-state index in [1.165, 1.54) is 24.0 Å². The van der Waals surface area contributed by atoms with Gasteiger partial charge in [-0.2, -0.15) is 5.10 Å². The predicted octanol–water partition coefficient (Wildman–Crippen LogP) is 3.12. The first-order valence-corrected chi connectivity index (χ1v) is 7.51. The Morgan fingerprint density at radius 3 is 2.80 bits per heavy atom. The lowest BCUT2D eigenvalue weighted by Gasteiger charge is -2.38. The number of nitrogens with one attached hydrogen (secondary N) is 1. The second kappa shape index (κ2) is 5.80. The summed E-state index contributed by atoms with van der Waals surface area (Å²) < 4.78 is 2.00. The highest BCUT2D eigenvalue weighted by molar-refractivity contribution is 5.31. The third-order valence-corrected chi connectivity index (χ3v) is 4.31. The quantitative estimate of drug-likeness (QED) is 0.904. The lowest BCUT2D eigenvalue weighted by Crippen LogP contribution is -2.46. The topological polar surface area (TPSA) is 29.9 Å². The van der Waals surface area contributed by atoms with Gasteiger partial charge in [-0.1, -0.05) is 24.3 Å². The Hall–Kier alpha value is -1.61. The molecule has 0 radical (unpaired) electrons. The first-order chi connectivity index (χ1) is 9.72. The van der Waals surface area contributed by atoms with Crippen LogP contribution in [0.5, 0.6) is 0 Å². The smallest absolute Gasteiger partial charge is 0.0560 e. The summed E-state index contributed by atoms with van der Waals surface area (Å²) in [5.74, 6) is 0.741. The molecule has 3 rings (SSSR count). The number of hydrogen-bond acceptors (Lipinski definition) is 2. The van der Waals surface area contributed by atoms with E-state index < -0.39 is 0 Å². The van der Waals surface area contributed by atoms with Gasteiger partial charge in [0.05, 0.1) is 6.54 Å². The van der Waals surface area contributed by atoms with Gasteiger partial charge >= 0.3 is 0 Å². The van der Waals surface area contributed by atoms with Crippen LogP contribution in [-0.2, 0) is 6.54 Å². The Kier molecular flexibility index (Phi) is 3.88. The minimum Gasteiger partial charge on any atom is -0.310 e. The summed E-state index contributed by atoms with van der Waals surface area (Å²) in [6.07, 6.45) is 6.38. The van der Waals surface area contributed by atoms with Crippen molar-refractivity contribution in [2.45, 2.75) is 51.2 Å². The minimum atomic E-state index is 0.470. The van der Waals surface area contributed by atoms with Gasteiger partial charge in [0.2, 0.25) is 0 Å². The third kappa shape index (κ3) is 2.93. The van der Waals surface area contributed by atoms with Crippen molar-refractivity contribution in [2.75, 3.05) is 0 Å². The lowest BCUT2D eigenvalue weighted by molar-refractivity contribution is 0.257. The molecule has 0 aliphatic heterocycles. The second-order valence-electron chi connectivity index (χ2n) is 6.02. The molecule has 3 nitrogen and oxygen atoms in total. The molecule has 1 saturated carbocycles. The van der Waals surface area contributed by atoms with E-state index in [1.807, 2.05) is 23.1 Å². The molecule has 0 saturated heterocycles. The highest BCUT2D eigenvalue weighted by Crippen LogP contribution is 2.38. The number of benzene rings is 1. The fourth-order valence-electron chi connectivity index (χ4n) is 3.20. The van der Waals surface area contributed by atoms with E-state index in [-0.39, 0.29) is 0 Å². The van der Waals surface area contributed by atoms with Gasteiger partial charge in [-0.25, -0.2) is 0 Å². The molecule has 1 heterocycles. The Bertz CT molecular complexity index is 541. The van der Waals surface area contributed by atoms with Crippen LogP contribution in [0.4, 0.5) is 0 Å². The molecule has 2 aromatic rings. The molecule has 1 aliphatic rings. The van der Waals surface area contributed by atoms with Crippen LogP contribution in [0.3, 0.4) is 0 Å². The number of rotatable bonds is 5. The molecule has 1 atom stereocenters. The van der Waals surface area contributed by atoms with Crippen molar-refractivity contribution >= 4 is 0 Å². The van der Waals surface area contributed by atoms with Gasteiger partial charge in [-0.05, 0) is 49.8 Å². The van der Waals surface area contributed by atoms with Crippen LogP contribution in [0.1, 0.15) is 36.8 Å². The Labute approximate surface area is 121 Å². The Morgan fingerprint density at radius 1 is 1.30 bits per heavy atom. The molecular weight excluding hydrogens is 246 g/mol. The van der Waals surface area contributed by atoms with E-state index in [9.17, 15) is 0 Å². The summed E-state index contributed by atoms with van der Waals surface area (Å²) in [6.45, 7) is 5.40. The molecule has 1 unspecified atom stereocenters. The molecule has 0 amide bonds. The molecular formula is C17H23N3. The summed E-state index contributed by atoms with van der Waals surface area (Å²) in [5, 5.41) is 7.97. The van der Waals surface area contributed by atoms with Gasteiger partial charge in [0, 0.05) is 24.5 Å². The highest BCUT2D eigenvalue weighted by atomic mass is 15.3. The fourth-order valence-corrected chi connectivity index (χ4v) is 3.20. The average Bonchev–Trinajstić information content (AvgIpc) is 2.87. The first-order valence-electron chi connectivity index (χ1n) is 7.51. The fraction of sp³-hybridized carbons (Fsp3) is 0.471. The third-order valence-electron chi connectivity index (χ3n) is 4.31. The SMILES string of the molecule is Cc1ccccc1C1CC(NC(C)Cn2cccn2)C1. The maximum absolute atomic E-state index is 4.26. The van der Waals surface area contributed by atoms with E-state index in [0.29, 0.717) is 12.1 Å². The summed E-state index contributed by atoms with van der Waals surface area (Å²) in [4.78, 5) is 0. The Morgan fingerprint density at radius 2 is 2.10 bits per heavy atom. The van der Waals surface area contributed by atoms with E-state index in [4.69, 9.17) is 0 Å². The molecule has 1 aliphatic carbocycles. The molecule has 0 spiro atoms. The van der Waals surface area contributed by atoms with E-state index in [0.717, 1.165) is 12.5 Å². The Balaban J connectivity index is 1.47. The van der Waals surface area contributed by atoms with Crippen molar-refractivity contribution < 1.29 is 0 Å². The van der Waals surface area contributed by atoms with Crippen molar-refractivity contribution in [3.8, 4) is 0 Å². The van der Waals surface area contributed by atoms with Crippen LogP contribution in [-0.4, -0.2) is 21.9 Å². The zero-order valence-corrected chi connectivity index (χ0v) is 12.3. The van der Waals surface area contributed by atoms with Gasteiger partial charge in [0.15, 0.2) is 0 Å². The van der Waals surface area contributed by atoms with Crippen molar-refractivity contribution in [3.63, 3.8) is 0 Å². The minimum absolute atomic E-state index is 0.470. The second-order valence-corrected chi connectivity index (χ2v) is 6.02. The zero-order chi connectivity index (χ0) is 13.9. The van der Waals surface area contributed by atoms with Crippen molar-refractivity contribution in [2.24, 2.45) is 0 Å². The zero-order valence-electron chi connectivity index (χ0n) is 12.3. The van der Waals surface area contributed by atoms with Crippen molar-refractivity contribution in [1.82, 2.24) is 15.1 Å². The van der Waals surface area contributed by atoms with Gasteiger partial charge in [0.1, 0.15) is 0 Å². The molecule has 1 aromatic carbocycles. The van der Waals surface area contributed by atoms with E-state index in [1.54, 1.807) is 0 Å². The number of aromatic nitrogens is 2. The maximum atomic E-state index is 4.26. The summed E-state index contributed by atoms with van der Waals surface area (Å²) in [6, 6.07) is 11.9. The molecule has 3 heteroatoms. The summed E-state index contributed by atoms with van der Waals surface area (Å²) >= 11 is 0. The molecule has 1 fully saturated rings. The van der Waals surface area contributed by atoms with Crippen molar-refractivity contribution in [1.29, 1.82) is 0 Å². The van der Waals surface area contributed by atoms with Crippen LogP contribution in [0.25, 0.3) is 0 Å². The molecule has 20 heavy (non-hydrogen) atoms. The lowest BCUT2D eigenvalue weighted by atomic mass is 9.74. The van der Waals surface area contributed by atoms with Gasteiger partial charge in [-0.15, -0.1) is 0 Å². The van der Waals surface area contributed by atoms with Crippen LogP contribution < -0.4 is 5.32 Å². The van der Waals surface area contributed by atoms with Gasteiger partial charge < -0.3 is 5.32 Å². The largest absolute Gasteiger partial charge is 0.310 e.